The van der Waals surface area contributed by atoms with Crippen LogP contribution < -0.4 is 0 Å². The number of carbonyl (C=O) groups excluding carboxylic acids is 1. The van der Waals surface area contributed by atoms with Crippen LogP contribution in [0.3, 0.4) is 0 Å². The van der Waals surface area contributed by atoms with Gasteiger partial charge in [0.2, 0.25) is 0 Å². The smallest absolute Gasteiger partial charge is 0.338 e. The van der Waals surface area contributed by atoms with Gasteiger partial charge < -0.3 is 40.5 Å². The standard InChI is InChI=1S/C20H32O9/c1-7-11(22)12(23)13-18(3)9(17(2,27)6-8(21)14(18)24)5-10-19(13,4)20(7,28)15(25)16(26)29-10/h7-15,21-25,27-28H,5-6H2,1-4H3/t7-,8+,9+,10-,11-,12-,13-,14-,15+,17-,18+,19-,20+/m1/s1. The SMILES string of the molecule is C[C@@H]1[C@@H](O)[C@@H](O)[C@@H]2[C@@]3(C)[C@H](O)[C@@H](O)C[C@@](C)(O)[C@@H]3C[C@H]3OC(=O)[C@H](O)[C@]1(O)[C@@]23C. The Kier molecular flexibility index (Phi) is 4.36. The average Bonchev–Trinajstić information content (AvgIpc) is 2.63. The molecule has 0 aromatic rings. The Labute approximate surface area is 168 Å². The minimum Gasteiger partial charge on any atom is -0.460 e. The molecule has 4 fully saturated rings. The molecule has 7 N–H and O–H groups in total. The highest BCUT2D eigenvalue weighted by Gasteiger charge is 2.80. The Morgan fingerprint density at radius 2 is 1.59 bits per heavy atom. The summed E-state index contributed by atoms with van der Waals surface area (Å²) in [7, 11) is 0. The van der Waals surface area contributed by atoms with Crippen LogP contribution in [0.5, 0.6) is 0 Å². The summed E-state index contributed by atoms with van der Waals surface area (Å²) in [6.45, 7) is 6.16. The van der Waals surface area contributed by atoms with Gasteiger partial charge in [0.05, 0.1) is 30.0 Å². The van der Waals surface area contributed by atoms with E-state index in [2.05, 4.69) is 0 Å². The monoisotopic (exact) mass is 416 g/mol. The van der Waals surface area contributed by atoms with Crippen molar-refractivity contribution in [1.29, 1.82) is 0 Å². The summed E-state index contributed by atoms with van der Waals surface area (Å²) in [5, 5.41) is 77.0. The molecule has 0 aromatic heterocycles. The maximum Gasteiger partial charge on any atom is 0.338 e. The van der Waals surface area contributed by atoms with Crippen molar-refractivity contribution in [1.82, 2.24) is 0 Å². The fraction of sp³-hybridized carbons (Fsp3) is 0.950. The van der Waals surface area contributed by atoms with Crippen LogP contribution in [0.25, 0.3) is 0 Å². The van der Waals surface area contributed by atoms with Crippen molar-refractivity contribution in [2.75, 3.05) is 0 Å². The first kappa shape index (κ1) is 21.4. The number of aliphatic hydroxyl groups excluding tert-OH is 5. The predicted octanol–water partition coefficient (Wildman–Crippen LogP) is -2.10. The second kappa shape index (κ2) is 5.91. The van der Waals surface area contributed by atoms with Crippen molar-refractivity contribution >= 4 is 5.97 Å². The Bertz CT molecular complexity index is 727. The fourth-order valence-electron chi connectivity index (χ4n) is 7.75. The molecule has 0 spiro atoms. The Morgan fingerprint density at radius 1 is 1.00 bits per heavy atom. The molecule has 9 heteroatoms. The highest BCUT2D eigenvalue weighted by molar-refractivity contribution is 5.78. The van der Waals surface area contributed by atoms with Gasteiger partial charge in [-0.05, 0) is 19.3 Å². The number of fused-ring (bicyclic) bond motifs is 2. The number of rotatable bonds is 0. The van der Waals surface area contributed by atoms with Gasteiger partial charge in [0.15, 0.2) is 6.10 Å². The molecule has 1 heterocycles. The minimum absolute atomic E-state index is 0.0661. The highest BCUT2D eigenvalue weighted by Crippen LogP contribution is 2.70. The van der Waals surface area contributed by atoms with Gasteiger partial charge in [-0.3, -0.25) is 0 Å². The van der Waals surface area contributed by atoms with Crippen LogP contribution in [0.1, 0.15) is 40.5 Å². The van der Waals surface area contributed by atoms with E-state index in [0.717, 1.165) is 0 Å². The topological polar surface area (TPSA) is 168 Å². The quantitative estimate of drug-likeness (QED) is 0.219. The summed E-state index contributed by atoms with van der Waals surface area (Å²) in [6.07, 6.45) is -8.59. The fourth-order valence-corrected chi connectivity index (χ4v) is 7.75. The molecule has 9 nitrogen and oxygen atoms in total. The Hall–Kier alpha value is -0.810. The summed E-state index contributed by atoms with van der Waals surface area (Å²) in [4.78, 5) is 12.4. The van der Waals surface area contributed by atoms with Gasteiger partial charge >= 0.3 is 5.97 Å². The van der Waals surface area contributed by atoms with E-state index in [9.17, 15) is 40.5 Å². The molecule has 29 heavy (non-hydrogen) atoms. The van der Waals surface area contributed by atoms with Crippen molar-refractivity contribution < 1.29 is 45.3 Å². The van der Waals surface area contributed by atoms with E-state index in [1.54, 1.807) is 13.8 Å². The van der Waals surface area contributed by atoms with Gasteiger partial charge in [0.1, 0.15) is 11.7 Å². The lowest BCUT2D eigenvalue weighted by Gasteiger charge is -2.73. The molecule has 0 radical (unpaired) electrons. The van der Waals surface area contributed by atoms with Gasteiger partial charge in [-0.2, -0.15) is 0 Å². The third-order valence-electron chi connectivity index (χ3n) is 9.22. The van der Waals surface area contributed by atoms with Crippen LogP contribution in [-0.4, -0.2) is 89.5 Å². The molecule has 0 aromatic carbocycles. The van der Waals surface area contributed by atoms with Crippen molar-refractivity contribution in [2.24, 2.45) is 28.6 Å². The molecule has 3 saturated carbocycles. The lowest BCUT2D eigenvalue weighted by Crippen LogP contribution is -2.84. The summed E-state index contributed by atoms with van der Waals surface area (Å²) >= 11 is 0. The van der Waals surface area contributed by atoms with Crippen LogP contribution in [0, 0.1) is 28.6 Å². The number of aliphatic hydroxyl groups is 7. The number of carbonyl (C=O) groups is 1. The Morgan fingerprint density at radius 3 is 2.17 bits per heavy atom. The molecule has 1 saturated heterocycles. The molecule has 3 aliphatic carbocycles. The zero-order valence-electron chi connectivity index (χ0n) is 17.1. The lowest BCUT2D eigenvalue weighted by molar-refractivity contribution is -0.378. The molecule has 0 unspecified atom stereocenters. The van der Waals surface area contributed by atoms with E-state index in [1.807, 2.05) is 0 Å². The van der Waals surface area contributed by atoms with E-state index >= 15 is 0 Å². The Balaban J connectivity index is 1.99. The molecular weight excluding hydrogens is 384 g/mol. The van der Waals surface area contributed by atoms with Gasteiger partial charge in [-0.25, -0.2) is 4.79 Å². The summed E-state index contributed by atoms with van der Waals surface area (Å²) in [5.74, 6) is -3.90. The minimum atomic E-state index is -2.14. The van der Waals surface area contributed by atoms with E-state index in [0.29, 0.717) is 0 Å². The molecule has 4 aliphatic rings. The normalized spacial score (nSPS) is 64.7. The zero-order chi connectivity index (χ0) is 21.9. The second-order valence-electron chi connectivity index (χ2n) is 10.4. The molecule has 13 atom stereocenters. The van der Waals surface area contributed by atoms with Gasteiger partial charge in [0.25, 0.3) is 0 Å². The van der Waals surface area contributed by atoms with Crippen molar-refractivity contribution in [3.8, 4) is 0 Å². The number of hydrogen-bond donors (Lipinski definition) is 7. The number of esters is 1. The summed E-state index contributed by atoms with van der Waals surface area (Å²) in [5.41, 5.74) is -6.39. The van der Waals surface area contributed by atoms with Crippen molar-refractivity contribution in [3.05, 3.63) is 0 Å². The first-order valence-corrected chi connectivity index (χ1v) is 10.2. The largest absolute Gasteiger partial charge is 0.460 e. The molecule has 0 bridgehead atoms. The molecule has 1 aliphatic heterocycles. The van der Waals surface area contributed by atoms with E-state index in [1.165, 1.54) is 13.8 Å². The summed E-state index contributed by atoms with van der Waals surface area (Å²) in [6, 6.07) is 0. The van der Waals surface area contributed by atoms with Crippen LogP contribution >= 0.6 is 0 Å². The number of ether oxygens (including phenoxy) is 1. The average molecular weight is 416 g/mol. The summed E-state index contributed by atoms with van der Waals surface area (Å²) < 4.78 is 5.49. The van der Waals surface area contributed by atoms with E-state index in [-0.39, 0.29) is 12.8 Å². The van der Waals surface area contributed by atoms with Crippen molar-refractivity contribution in [2.45, 2.75) is 88.4 Å². The predicted molar refractivity (Wildman–Crippen MR) is 97.1 cm³/mol. The zero-order valence-corrected chi connectivity index (χ0v) is 17.1. The first-order chi connectivity index (χ1) is 13.2. The van der Waals surface area contributed by atoms with Crippen LogP contribution in [0.2, 0.25) is 0 Å². The lowest BCUT2D eigenvalue weighted by atomic mass is 9.35. The van der Waals surface area contributed by atoms with Crippen LogP contribution in [0.4, 0.5) is 0 Å². The van der Waals surface area contributed by atoms with E-state index < -0.39 is 82.4 Å². The first-order valence-electron chi connectivity index (χ1n) is 10.2. The maximum absolute atomic E-state index is 12.4. The molecular formula is C20H32O9. The van der Waals surface area contributed by atoms with Crippen LogP contribution in [-0.2, 0) is 9.53 Å². The molecule has 4 rings (SSSR count). The van der Waals surface area contributed by atoms with Gasteiger partial charge in [0, 0.05) is 29.1 Å². The van der Waals surface area contributed by atoms with E-state index in [4.69, 9.17) is 4.74 Å². The number of hydrogen-bond acceptors (Lipinski definition) is 9. The maximum atomic E-state index is 12.4. The van der Waals surface area contributed by atoms with Gasteiger partial charge in [-0.1, -0.05) is 20.8 Å². The third-order valence-corrected chi connectivity index (χ3v) is 9.22. The van der Waals surface area contributed by atoms with Crippen LogP contribution in [0.15, 0.2) is 0 Å². The van der Waals surface area contributed by atoms with Gasteiger partial charge in [-0.15, -0.1) is 0 Å². The highest BCUT2D eigenvalue weighted by atomic mass is 16.6. The second-order valence-corrected chi connectivity index (χ2v) is 10.4. The van der Waals surface area contributed by atoms with Crippen molar-refractivity contribution in [3.63, 3.8) is 0 Å². The third kappa shape index (κ3) is 2.17. The molecule has 166 valence electrons. The molecule has 0 amide bonds.